The molecule has 3 atom stereocenters. The molecule has 0 amide bonds. The second kappa shape index (κ2) is 40.1. The van der Waals surface area contributed by atoms with Crippen molar-refractivity contribution in [2.75, 3.05) is 54.1 Å². The molecule has 0 aromatic carbocycles. The minimum Gasteiger partial charge on any atom is -0.756 e. The number of phosphoric ester groups is 1. The number of likely N-dealkylation sites (N-methyl/N-ethyl adjacent to an activating group) is 1. The van der Waals surface area contributed by atoms with E-state index in [2.05, 4.69) is 67.7 Å². The lowest BCUT2D eigenvalue weighted by molar-refractivity contribution is -0.870. The number of unbranched alkanes of at least 4 members (excludes halogenated alkanes) is 12. The molecule has 0 aliphatic carbocycles. The summed E-state index contributed by atoms with van der Waals surface area (Å²) in [4.78, 5) is 25.0. The molecule has 1 N–H and O–H groups in total. The fourth-order valence-corrected chi connectivity index (χ4v) is 6.25. The zero-order chi connectivity index (χ0) is 42.8. The Labute approximate surface area is 355 Å². The maximum atomic E-state index is 12.7. The molecule has 0 heterocycles. The van der Waals surface area contributed by atoms with E-state index in [9.17, 15) is 19.4 Å². The molecule has 0 fully saturated rings. The number of rotatable bonds is 40. The van der Waals surface area contributed by atoms with E-state index >= 15 is 0 Å². The highest BCUT2D eigenvalue weighted by molar-refractivity contribution is 7.45. The van der Waals surface area contributed by atoms with Crippen molar-refractivity contribution in [1.29, 1.82) is 0 Å². The van der Waals surface area contributed by atoms with E-state index in [0.717, 1.165) is 57.8 Å². The Morgan fingerprint density at radius 2 is 1.09 bits per heavy atom. The largest absolute Gasteiger partial charge is 0.756 e. The predicted molar refractivity (Wildman–Crippen MR) is 241 cm³/mol. The van der Waals surface area contributed by atoms with Crippen molar-refractivity contribution < 1.29 is 42.4 Å². The standard InChI is InChI=1S/C48H84NO8P/c1-6-7-8-9-10-11-12-13-14-20-23-26-29-32-35-38-42-54-44-47(45-56-58(52,53)55-43-41-49(3,4)5)57-48(51)40-37-34-31-28-25-22-19-17-15-16-18-21-24-27-30-33-36-39-46(2)50/h13-15,17-18,21-22,25,27,30-31,34,36,39,46-47,50H,6-12,16,19-20,23-24,26,28-29,32-33,35,37-38,40-45H2,1-5H3/b14-13-,17-15+,21-18+,25-22+,30-27+,34-31+,39-36-. The van der Waals surface area contributed by atoms with E-state index in [1.165, 1.54) is 64.2 Å². The van der Waals surface area contributed by atoms with Crippen LogP contribution in [-0.2, 0) is 27.9 Å². The lowest BCUT2D eigenvalue weighted by Crippen LogP contribution is -2.37. The van der Waals surface area contributed by atoms with Gasteiger partial charge in [0.05, 0.1) is 40.5 Å². The highest BCUT2D eigenvalue weighted by Gasteiger charge is 2.20. The molecule has 0 spiro atoms. The number of esters is 1. The van der Waals surface area contributed by atoms with Crippen molar-refractivity contribution in [1.82, 2.24) is 0 Å². The molecule has 0 saturated heterocycles. The number of carbonyl (C=O) groups is 1. The first kappa shape index (κ1) is 55.6. The number of aliphatic hydroxyl groups excluding tert-OH is 1. The van der Waals surface area contributed by atoms with Gasteiger partial charge in [-0.2, -0.15) is 0 Å². The van der Waals surface area contributed by atoms with Crippen molar-refractivity contribution >= 4 is 13.8 Å². The highest BCUT2D eigenvalue weighted by Crippen LogP contribution is 2.38. The van der Waals surface area contributed by atoms with Gasteiger partial charge in [-0.1, -0.05) is 150 Å². The van der Waals surface area contributed by atoms with Gasteiger partial charge in [0.15, 0.2) is 0 Å². The Bertz CT molecular complexity index is 1210. The average molecular weight is 834 g/mol. The van der Waals surface area contributed by atoms with Crippen LogP contribution in [0.5, 0.6) is 0 Å². The Morgan fingerprint density at radius 3 is 1.60 bits per heavy atom. The highest BCUT2D eigenvalue weighted by atomic mass is 31.2. The number of allylic oxidation sites excluding steroid dienone is 13. The van der Waals surface area contributed by atoms with Gasteiger partial charge in [0.25, 0.3) is 7.82 Å². The molecule has 0 bridgehead atoms. The van der Waals surface area contributed by atoms with E-state index in [-0.39, 0.29) is 26.2 Å². The third-order valence-corrected chi connectivity index (χ3v) is 9.92. The second-order valence-electron chi connectivity index (χ2n) is 16.0. The van der Waals surface area contributed by atoms with E-state index < -0.39 is 26.0 Å². The lowest BCUT2D eigenvalue weighted by Gasteiger charge is -2.28. The zero-order valence-electron chi connectivity index (χ0n) is 37.3. The first-order valence-corrected chi connectivity index (χ1v) is 23.8. The summed E-state index contributed by atoms with van der Waals surface area (Å²) in [5, 5.41) is 9.19. The molecular weight excluding hydrogens is 750 g/mol. The van der Waals surface area contributed by atoms with Gasteiger partial charge < -0.3 is 33.0 Å². The SMILES string of the molecule is CCCCCCCC/C=C\CCCCCCCCOCC(COP(=O)([O-])OCC[N+](C)(C)C)OC(=O)CC/C=C/C/C=C/C/C=C/C/C=C/C/C=C/C/C=C\C(C)O. The first-order chi connectivity index (χ1) is 27.9. The summed E-state index contributed by atoms with van der Waals surface area (Å²) in [5.74, 6) is -0.429. The van der Waals surface area contributed by atoms with Crippen LogP contribution in [0.3, 0.4) is 0 Å². The molecular formula is C48H84NO8P. The number of aliphatic hydroxyl groups is 1. The molecule has 0 rings (SSSR count). The van der Waals surface area contributed by atoms with Crippen LogP contribution in [0.15, 0.2) is 85.1 Å². The van der Waals surface area contributed by atoms with Crippen LogP contribution in [0.1, 0.15) is 149 Å². The quantitative estimate of drug-likeness (QED) is 0.0213. The number of hydrogen-bond donors (Lipinski definition) is 1. The van der Waals surface area contributed by atoms with Gasteiger partial charge in [0, 0.05) is 13.0 Å². The van der Waals surface area contributed by atoms with Crippen molar-refractivity contribution in [3.63, 3.8) is 0 Å². The van der Waals surface area contributed by atoms with E-state index in [0.29, 0.717) is 24.1 Å². The minimum absolute atomic E-state index is 0.00195. The predicted octanol–water partition coefficient (Wildman–Crippen LogP) is 11.6. The summed E-state index contributed by atoms with van der Waals surface area (Å²) in [5.41, 5.74) is 0. The fourth-order valence-electron chi connectivity index (χ4n) is 5.52. The van der Waals surface area contributed by atoms with Crippen molar-refractivity contribution in [3.05, 3.63) is 85.1 Å². The molecule has 3 unspecified atom stereocenters. The Balaban J connectivity index is 4.39. The van der Waals surface area contributed by atoms with Crippen LogP contribution < -0.4 is 4.89 Å². The van der Waals surface area contributed by atoms with Gasteiger partial charge in [-0.25, -0.2) is 0 Å². The Morgan fingerprint density at radius 1 is 0.621 bits per heavy atom. The Kier molecular flexibility index (Phi) is 38.4. The number of nitrogens with zero attached hydrogens (tertiary/aromatic N) is 1. The van der Waals surface area contributed by atoms with Crippen LogP contribution in [0.25, 0.3) is 0 Å². The third kappa shape index (κ3) is 44.7. The van der Waals surface area contributed by atoms with Crippen molar-refractivity contribution in [2.45, 2.75) is 161 Å². The summed E-state index contributed by atoms with van der Waals surface area (Å²) in [6.45, 7) is 4.72. The van der Waals surface area contributed by atoms with Crippen LogP contribution in [-0.4, -0.2) is 81.9 Å². The zero-order valence-corrected chi connectivity index (χ0v) is 38.2. The number of hydrogen-bond acceptors (Lipinski definition) is 8. The molecule has 0 aliphatic heterocycles. The van der Waals surface area contributed by atoms with Crippen molar-refractivity contribution in [2.24, 2.45) is 0 Å². The maximum Gasteiger partial charge on any atom is 0.306 e. The van der Waals surface area contributed by atoms with E-state index in [1.807, 2.05) is 39.4 Å². The number of ether oxygens (including phenoxy) is 2. The van der Waals surface area contributed by atoms with E-state index in [1.54, 1.807) is 13.0 Å². The normalized spacial score (nSPS) is 15.1. The second-order valence-corrected chi connectivity index (χ2v) is 17.4. The molecule has 58 heavy (non-hydrogen) atoms. The topological polar surface area (TPSA) is 114 Å². The van der Waals surface area contributed by atoms with Gasteiger partial charge in [-0.15, -0.1) is 0 Å². The molecule has 0 saturated carbocycles. The van der Waals surface area contributed by atoms with Gasteiger partial charge in [-0.05, 0) is 77.6 Å². The number of quaternary nitrogens is 1. The summed E-state index contributed by atoms with van der Waals surface area (Å²) < 4.78 is 34.5. The van der Waals surface area contributed by atoms with Gasteiger partial charge in [0.1, 0.15) is 19.3 Å². The molecule has 0 aliphatic rings. The molecule has 9 nitrogen and oxygen atoms in total. The van der Waals surface area contributed by atoms with Crippen molar-refractivity contribution in [3.8, 4) is 0 Å². The van der Waals surface area contributed by atoms with Crippen LogP contribution in [0, 0.1) is 0 Å². The summed E-state index contributed by atoms with van der Waals surface area (Å²) in [6, 6.07) is 0. The molecule has 0 aromatic heterocycles. The van der Waals surface area contributed by atoms with E-state index in [4.69, 9.17) is 18.5 Å². The van der Waals surface area contributed by atoms with Gasteiger partial charge in [0.2, 0.25) is 0 Å². The summed E-state index contributed by atoms with van der Waals surface area (Å²) in [7, 11) is 1.28. The smallest absolute Gasteiger partial charge is 0.306 e. The maximum absolute atomic E-state index is 12.7. The lowest BCUT2D eigenvalue weighted by atomic mass is 10.1. The number of carbonyl (C=O) groups excluding carboxylic acids is 1. The average Bonchev–Trinajstić information content (AvgIpc) is 3.16. The molecule has 334 valence electrons. The minimum atomic E-state index is -4.56. The van der Waals surface area contributed by atoms with Crippen LogP contribution in [0.4, 0.5) is 0 Å². The van der Waals surface area contributed by atoms with Crippen LogP contribution >= 0.6 is 7.82 Å². The van der Waals surface area contributed by atoms with Gasteiger partial charge >= 0.3 is 5.97 Å². The fraction of sp³-hybridized carbons (Fsp3) is 0.688. The van der Waals surface area contributed by atoms with Gasteiger partial charge in [-0.3, -0.25) is 9.36 Å². The molecule has 10 heteroatoms. The van der Waals surface area contributed by atoms with Crippen LogP contribution in [0.2, 0.25) is 0 Å². The third-order valence-electron chi connectivity index (χ3n) is 8.96. The summed E-state index contributed by atoms with van der Waals surface area (Å²) >= 11 is 0. The summed E-state index contributed by atoms with van der Waals surface area (Å²) in [6.07, 6.45) is 50.4. The molecule has 0 aromatic rings. The monoisotopic (exact) mass is 834 g/mol. The number of phosphoric acid groups is 1. The molecule has 0 radical (unpaired) electrons. The Hall–Kier alpha value is -2.36. The first-order valence-electron chi connectivity index (χ1n) is 22.4.